The molecule has 0 saturated heterocycles. The van der Waals surface area contributed by atoms with Gasteiger partial charge in [-0.1, -0.05) is 0 Å². The zero-order valence-electron chi connectivity index (χ0n) is 11.2. The number of hydrogen-bond acceptors (Lipinski definition) is 3. The Bertz CT molecular complexity index is 346. The van der Waals surface area contributed by atoms with E-state index in [0.717, 1.165) is 19.3 Å². The van der Waals surface area contributed by atoms with Crippen LogP contribution in [-0.4, -0.2) is 24.3 Å². The highest BCUT2D eigenvalue weighted by Crippen LogP contribution is 2.58. The van der Waals surface area contributed by atoms with Crippen molar-refractivity contribution >= 4 is 5.97 Å². The van der Waals surface area contributed by atoms with Crippen molar-refractivity contribution in [3.8, 4) is 0 Å². The lowest BCUT2D eigenvalue weighted by molar-refractivity contribution is -0.316. The van der Waals surface area contributed by atoms with Crippen molar-refractivity contribution in [2.24, 2.45) is 17.8 Å². The first kappa shape index (κ1) is 13.3. The highest BCUT2D eigenvalue weighted by molar-refractivity contribution is 5.75. The normalized spacial score (nSPS) is 40.5. The summed E-state index contributed by atoms with van der Waals surface area (Å²) in [5, 5.41) is 0. The van der Waals surface area contributed by atoms with Crippen LogP contribution < -0.4 is 0 Å². The molecule has 0 unspecified atom stereocenters. The number of carbonyl (C=O) groups is 1. The Morgan fingerprint density at radius 3 is 2.05 bits per heavy atom. The maximum atomic E-state index is 13.8. The summed E-state index contributed by atoms with van der Waals surface area (Å²) in [4.78, 5) is 11.3. The van der Waals surface area contributed by atoms with Gasteiger partial charge in [0.15, 0.2) is 0 Å². The summed E-state index contributed by atoms with van der Waals surface area (Å²) in [5.74, 6) is -0.0384. The number of carbonyl (C=O) groups excluding carboxylic acids is 1. The van der Waals surface area contributed by atoms with E-state index in [1.165, 1.54) is 6.92 Å². The summed E-state index contributed by atoms with van der Waals surface area (Å²) in [5.41, 5.74) is -0.787. The molecule has 19 heavy (non-hydrogen) atoms. The van der Waals surface area contributed by atoms with Gasteiger partial charge in [-0.2, -0.15) is 8.78 Å². The van der Waals surface area contributed by atoms with Gasteiger partial charge >= 0.3 is 12.1 Å². The van der Waals surface area contributed by atoms with E-state index in [0.29, 0.717) is 37.0 Å². The zero-order valence-corrected chi connectivity index (χ0v) is 11.2. The fourth-order valence-corrected chi connectivity index (χ4v) is 4.68. The molecule has 0 aromatic heterocycles. The van der Waals surface area contributed by atoms with E-state index < -0.39 is 17.7 Å². The van der Waals surface area contributed by atoms with Crippen molar-refractivity contribution in [3.63, 3.8) is 0 Å². The van der Waals surface area contributed by atoms with Crippen LogP contribution in [0.3, 0.4) is 0 Å². The molecule has 0 aromatic rings. The van der Waals surface area contributed by atoms with Crippen LogP contribution in [0.2, 0.25) is 0 Å². The molecule has 0 aliphatic heterocycles. The molecule has 108 valence electrons. The molecule has 0 radical (unpaired) electrons. The number of rotatable bonds is 4. The minimum Gasteiger partial charge on any atom is -0.460 e. The van der Waals surface area contributed by atoms with E-state index in [1.807, 2.05) is 0 Å². The summed E-state index contributed by atoms with van der Waals surface area (Å²) in [6, 6.07) is 0. The van der Waals surface area contributed by atoms with Crippen LogP contribution in [0.15, 0.2) is 0 Å². The van der Waals surface area contributed by atoms with Gasteiger partial charge < -0.3 is 9.47 Å². The van der Waals surface area contributed by atoms with Crippen molar-refractivity contribution < 1.29 is 23.0 Å². The van der Waals surface area contributed by atoms with Gasteiger partial charge in [0.2, 0.25) is 0 Å². The van der Waals surface area contributed by atoms with Crippen LogP contribution in [-0.2, 0) is 14.3 Å². The molecule has 4 saturated carbocycles. The number of hydrogen-bond donors (Lipinski definition) is 0. The first-order valence-corrected chi connectivity index (χ1v) is 7.18. The van der Waals surface area contributed by atoms with Gasteiger partial charge in [0.1, 0.15) is 0 Å². The van der Waals surface area contributed by atoms with E-state index in [2.05, 4.69) is 4.74 Å². The Morgan fingerprint density at radius 2 is 1.63 bits per heavy atom. The topological polar surface area (TPSA) is 35.5 Å². The molecule has 0 heterocycles. The number of esters is 1. The zero-order chi connectivity index (χ0) is 13.7. The van der Waals surface area contributed by atoms with Crippen molar-refractivity contribution in [1.82, 2.24) is 0 Å². The Labute approximate surface area is 111 Å². The lowest BCUT2D eigenvalue weighted by Crippen LogP contribution is -2.55. The number of ether oxygens (including phenoxy) is 2. The smallest absolute Gasteiger partial charge is 0.456 e. The molecule has 4 bridgehead atoms. The third kappa shape index (κ3) is 2.37. The van der Waals surface area contributed by atoms with Crippen molar-refractivity contribution in [3.05, 3.63) is 0 Å². The summed E-state index contributed by atoms with van der Waals surface area (Å²) < 4.78 is 37.1. The maximum absolute atomic E-state index is 13.8. The fraction of sp³-hybridized carbons (Fsp3) is 0.929. The molecule has 4 fully saturated rings. The van der Waals surface area contributed by atoms with Gasteiger partial charge in [-0.3, -0.25) is 0 Å². The number of alkyl halides is 2. The largest absolute Gasteiger partial charge is 0.460 e. The second kappa shape index (κ2) is 4.40. The van der Waals surface area contributed by atoms with Gasteiger partial charge in [0.25, 0.3) is 0 Å². The highest BCUT2D eigenvalue weighted by atomic mass is 19.3. The highest BCUT2D eigenvalue weighted by Gasteiger charge is 2.57. The molecular weight excluding hydrogens is 254 g/mol. The van der Waals surface area contributed by atoms with Crippen LogP contribution in [0.5, 0.6) is 0 Å². The molecule has 5 heteroatoms. The van der Waals surface area contributed by atoms with Crippen LogP contribution >= 0.6 is 0 Å². The molecule has 4 aliphatic rings. The molecular formula is C14H20F2O3. The third-order valence-corrected chi connectivity index (χ3v) is 4.84. The quantitative estimate of drug-likeness (QED) is 0.739. The SMILES string of the molecule is CCOC(=O)C(F)(F)OC12CC3CC(CC(C3)C1)C2. The van der Waals surface area contributed by atoms with Crippen LogP contribution in [0.25, 0.3) is 0 Å². The van der Waals surface area contributed by atoms with Gasteiger partial charge in [0, 0.05) is 0 Å². The van der Waals surface area contributed by atoms with Gasteiger partial charge in [-0.15, -0.1) is 0 Å². The average molecular weight is 274 g/mol. The molecule has 4 rings (SSSR count). The minimum absolute atomic E-state index is 0.0569. The average Bonchev–Trinajstić information content (AvgIpc) is 2.25. The second-order valence-corrected chi connectivity index (χ2v) is 6.44. The Kier molecular flexibility index (Phi) is 3.08. The monoisotopic (exact) mass is 274 g/mol. The molecule has 0 aromatic carbocycles. The third-order valence-electron chi connectivity index (χ3n) is 4.84. The van der Waals surface area contributed by atoms with Gasteiger partial charge in [-0.05, 0) is 63.2 Å². The van der Waals surface area contributed by atoms with Crippen molar-refractivity contribution in [2.45, 2.75) is 57.2 Å². The predicted molar refractivity (Wildman–Crippen MR) is 63.6 cm³/mol. The Balaban J connectivity index is 1.73. The van der Waals surface area contributed by atoms with Crippen molar-refractivity contribution in [2.75, 3.05) is 6.61 Å². The standard InChI is InChI=1S/C14H20F2O3/c1-2-18-12(17)14(15,16)19-13-6-9-3-10(7-13)5-11(4-9)8-13/h9-11H,2-8H2,1H3. The lowest BCUT2D eigenvalue weighted by Gasteiger charge is -2.56. The van der Waals surface area contributed by atoms with E-state index in [-0.39, 0.29) is 6.61 Å². The van der Waals surface area contributed by atoms with E-state index in [4.69, 9.17) is 4.74 Å². The first-order chi connectivity index (χ1) is 8.92. The Morgan fingerprint density at radius 1 is 1.16 bits per heavy atom. The summed E-state index contributed by atoms with van der Waals surface area (Å²) in [6.07, 6.45) is 1.66. The lowest BCUT2D eigenvalue weighted by atomic mass is 9.54. The second-order valence-electron chi connectivity index (χ2n) is 6.44. The van der Waals surface area contributed by atoms with Gasteiger partial charge in [0.05, 0.1) is 12.2 Å². The van der Waals surface area contributed by atoms with Crippen molar-refractivity contribution in [1.29, 1.82) is 0 Å². The predicted octanol–water partition coefficient (Wildman–Crippen LogP) is 3.13. The van der Waals surface area contributed by atoms with Crippen LogP contribution in [0, 0.1) is 17.8 Å². The summed E-state index contributed by atoms with van der Waals surface area (Å²) in [7, 11) is 0. The van der Waals surface area contributed by atoms with Gasteiger partial charge in [-0.25, -0.2) is 4.79 Å². The van der Waals surface area contributed by atoms with E-state index >= 15 is 0 Å². The fourth-order valence-electron chi connectivity index (χ4n) is 4.68. The van der Waals surface area contributed by atoms with E-state index in [9.17, 15) is 13.6 Å². The maximum Gasteiger partial charge on any atom is 0.456 e. The minimum atomic E-state index is -3.80. The molecule has 0 amide bonds. The molecule has 3 nitrogen and oxygen atoms in total. The van der Waals surface area contributed by atoms with E-state index in [1.54, 1.807) is 0 Å². The molecule has 0 spiro atoms. The van der Waals surface area contributed by atoms with Crippen LogP contribution in [0.1, 0.15) is 45.4 Å². The summed E-state index contributed by atoms with van der Waals surface area (Å²) >= 11 is 0. The molecule has 4 aliphatic carbocycles. The Hall–Kier alpha value is -0.710. The number of halogens is 2. The molecule has 0 N–H and O–H groups in total. The van der Waals surface area contributed by atoms with Crippen LogP contribution in [0.4, 0.5) is 8.78 Å². The molecule has 0 atom stereocenters. The first-order valence-electron chi connectivity index (χ1n) is 7.18. The summed E-state index contributed by atoms with van der Waals surface area (Å²) in [6.45, 7) is 1.46.